The highest BCUT2D eigenvalue weighted by atomic mass is 127. The minimum absolute atomic E-state index is 0.153. The molecule has 2 aromatic rings. The van der Waals surface area contributed by atoms with Crippen molar-refractivity contribution in [3.63, 3.8) is 0 Å². The Morgan fingerprint density at radius 3 is 2.50 bits per heavy atom. The second-order valence-electron chi connectivity index (χ2n) is 4.45. The first-order chi connectivity index (χ1) is 8.63. The number of benzene rings is 2. The average molecular weight is 348 g/mol. The van der Waals surface area contributed by atoms with Gasteiger partial charge >= 0.3 is 0 Å². The van der Waals surface area contributed by atoms with Gasteiger partial charge in [0.15, 0.2) is 0 Å². The summed E-state index contributed by atoms with van der Waals surface area (Å²) in [5, 5.41) is 3.98. The van der Waals surface area contributed by atoms with E-state index in [9.17, 15) is 4.79 Å². The summed E-state index contributed by atoms with van der Waals surface area (Å²) in [6.45, 7) is 1.48. The van der Waals surface area contributed by atoms with Gasteiger partial charge in [-0.05, 0) is 75.5 Å². The molecule has 1 aliphatic rings. The van der Waals surface area contributed by atoms with Gasteiger partial charge in [0.25, 0.3) is 0 Å². The van der Waals surface area contributed by atoms with E-state index in [0.717, 1.165) is 12.1 Å². The molecule has 0 bridgehead atoms. The van der Waals surface area contributed by atoms with Crippen molar-refractivity contribution >= 4 is 34.2 Å². The van der Waals surface area contributed by atoms with Gasteiger partial charge in [-0.2, -0.15) is 0 Å². The molecule has 0 aromatic heterocycles. The van der Waals surface area contributed by atoms with Crippen LogP contribution in [-0.2, 0) is 11.2 Å². The molecule has 2 aromatic carbocycles. The summed E-state index contributed by atoms with van der Waals surface area (Å²) < 4.78 is 1.26. The first kappa shape index (κ1) is 11.7. The van der Waals surface area contributed by atoms with E-state index in [0.29, 0.717) is 0 Å². The first-order valence-electron chi connectivity index (χ1n) is 5.77. The fourth-order valence-corrected chi connectivity index (χ4v) is 2.97. The van der Waals surface area contributed by atoms with Gasteiger partial charge in [0.2, 0.25) is 5.91 Å². The lowest BCUT2D eigenvalue weighted by Gasteiger charge is -2.03. The van der Waals surface area contributed by atoms with Crippen LogP contribution < -0.4 is 5.32 Å². The molecule has 0 unspecified atom stereocenters. The predicted molar refractivity (Wildman–Crippen MR) is 79.9 cm³/mol. The fraction of sp³-hybridized carbons (Fsp3) is 0.133. The molecule has 89 valence electrons. The second kappa shape index (κ2) is 4.39. The second-order valence-corrected chi connectivity index (χ2v) is 5.70. The summed E-state index contributed by atoms with van der Waals surface area (Å²) in [4.78, 5) is 11.0. The largest absolute Gasteiger partial charge is 0.273 e. The quantitative estimate of drug-likeness (QED) is 0.618. The summed E-state index contributed by atoms with van der Waals surface area (Å²) in [6.07, 6.45) is 0.933. The Bertz CT molecular complexity index is 649. The molecule has 0 atom stereocenters. The molecule has 1 radical (unpaired) electrons. The van der Waals surface area contributed by atoms with Crippen molar-refractivity contribution in [2.24, 2.45) is 0 Å². The third-order valence-corrected chi connectivity index (χ3v) is 3.78. The van der Waals surface area contributed by atoms with Gasteiger partial charge in [0.1, 0.15) is 0 Å². The molecular weight excluding hydrogens is 337 g/mol. The van der Waals surface area contributed by atoms with Gasteiger partial charge in [-0.3, -0.25) is 4.79 Å². The standard InChI is InChI=1S/C15H11INO/c1-9(18)17-13-3-5-15-11(8-13)6-10-7-12(16)2-4-14(10)15/h2-5,7-8H,6H2,1H3. The zero-order valence-electron chi connectivity index (χ0n) is 9.90. The van der Waals surface area contributed by atoms with E-state index in [1.165, 1.54) is 32.7 Å². The van der Waals surface area contributed by atoms with E-state index in [4.69, 9.17) is 0 Å². The van der Waals surface area contributed by atoms with Gasteiger partial charge in [0.05, 0.1) is 5.69 Å². The normalized spacial score (nSPS) is 11.9. The number of halogens is 1. The van der Waals surface area contributed by atoms with Crippen LogP contribution in [0.5, 0.6) is 0 Å². The third-order valence-electron chi connectivity index (χ3n) is 3.11. The summed E-state index contributed by atoms with van der Waals surface area (Å²) in [5.41, 5.74) is 5.94. The fourth-order valence-electron chi connectivity index (χ4n) is 2.42. The smallest absolute Gasteiger partial charge is 0.243 e. The Hall–Kier alpha value is -1.36. The molecule has 18 heavy (non-hydrogen) atoms. The summed E-state index contributed by atoms with van der Waals surface area (Å²) >= 11 is 2.33. The van der Waals surface area contributed by atoms with Crippen molar-refractivity contribution < 1.29 is 4.79 Å². The summed E-state index contributed by atoms with van der Waals surface area (Å²) in [7, 11) is 0. The van der Waals surface area contributed by atoms with Crippen LogP contribution in [0.4, 0.5) is 5.69 Å². The molecule has 2 nitrogen and oxygen atoms in total. The van der Waals surface area contributed by atoms with Crippen LogP contribution in [0.3, 0.4) is 0 Å². The van der Waals surface area contributed by atoms with Crippen molar-refractivity contribution in [1.82, 2.24) is 5.32 Å². The number of amides is 1. The number of fused-ring (bicyclic) bond motifs is 3. The van der Waals surface area contributed by atoms with Crippen molar-refractivity contribution in [3.8, 4) is 11.1 Å². The van der Waals surface area contributed by atoms with E-state index in [2.05, 4.69) is 52.2 Å². The van der Waals surface area contributed by atoms with Crippen molar-refractivity contribution in [3.05, 3.63) is 51.1 Å². The molecular formula is C15H11INO. The lowest BCUT2D eigenvalue weighted by Crippen LogP contribution is -2.04. The molecule has 0 saturated carbocycles. The Kier molecular flexibility index (Phi) is 2.86. The minimum Gasteiger partial charge on any atom is -0.273 e. The Balaban J connectivity index is 2.03. The molecule has 0 spiro atoms. The number of hydrogen-bond donors (Lipinski definition) is 0. The molecule has 0 heterocycles. The molecule has 0 aliphatic heterocycles. The minimum atomic E-state index is -0.153. The van der Waals surface area contributed by atoms with E-state index in [1.807, 2.05) is 12.1 Å². The summed E-state index contributed by atoms with van der Waals surface area (Å²) in [5.74, 6) is -0.153. The van der Waals surface area contributed by atoms with Crippen LogP contribution in [-0.4, -0.2) is 5.91 Å². The van der Waals surface area contributed by atoms with E-state index >= 15 is 0 Å². The number of carbonyl (C=O) groups is 1. The van der Waals surface area contributed by atoms with Crippen LogP contribution in [0.15, 0.2) is 36.4 Å². The van der Waals surface area contributed by atoms with Crippen LogP contribution in [0.2, 0.25) is 0 Å². The maximum Gasteiger partial charge on any atom is 0.243 e. The van der Waals surface area contributed by atoms with Crippen LogP contribution >= 0.6 is 22.6 Å². The molecule has 3 rings (SSSR count). The highest BCUT2D eigenvalue weighted by molar-refractivity contribution is 14.1. The predicted octanol–water partition coefficient (Wildman–Crippen LogP) is 3.64. The van der Waals surface area contributed by atoms with Gasteiger partial charge < -0.3 is 0 Å². The van der Waals surface area contributed by atoms with Gasteiger partial charge in [-0.1, -0.05) is 12.1 Å². The van der Waals surface area contributed by atoms with Gasteiger partial charge in [-0.15, -0.1) is 0 Å². The molecule has 3 heteroatoms. The average Bonchev–Trinajstić information content (AvgIpc) is 2.64. The number of rotatable bonds is 1. The molecule has 0 saturated heterocycles. The van der Waals surface area contributed by atoms with Crippen molar-refractivity contribution in [1.29, 1.82) is 0 Å². The van der Waals surface area contributed by atoms with E-state index in [1.54, 1.807) is 0 Å². The lowest BCUT2D eigenvalue weighted by atomic mass is 10.1. The Morgan fingerprint density at radius 1 is 1.11 bits per heavy atom. The highest BCUT2D eigenvalue weighted by Gasteiger charge is 2.18. The maximum absolute atomic E-state index is 11.0. The van der Waals surface area contributed by atoms with Crippen LogP contribution in [0, 0.1) is 3.57 Å². The number of hydrogen-bond acceptors (Lipinski definition) is 1. The zero-order valence-corrected chi connectivity index (χ0v) is 12.1. The topological polar surface area (TPSA) is 31.2 Å². The molecule has 0 fully saturated rings. The van der Waals surface area contributed by atoms with Crippen molar-refractivity contribution in [2.45, 2.75) is 13.3 Å². The molecule has 1 amide bonds. The number of nitrogens with zero attached hydrogens (tertiary/aromatic N) is 1. The zero-order chi connectivity index (χ0) is 12.7. The highest BCUT2D eigenvalue weighted by Crippen LogP contribution is 2.38. The van der Waals surface area contributed by atoms with E-state index in [-0.39, 0.29) is 5.91 Å². The Morgan fingerprint density at radius 2 is 1.78 bits per heavy atom. The van der Waals surface area contributed by atoms with Gasteiger partial charge in [-0.25, -0.2) is 5.32 Å². The van der Waals surface area contributed by atoms with Crippen molar-refractivity contribution in [2.75, 3.05) is 0 Å². The van der Waals surface area contributed by atoms with E-state index < -0.39 is 0 Å². The molecule has 1 aliphatic carbocycles. The van der Waals surface area contributed by atoms with Crippen LogP contribution in [0.25, 0.3) is 11.1 Å². The monoisotopic (exact) mass is 348 g/mol. The third kappa shape index (κ3) is 2.03. The summed E-state index contributed by atoms with van der Waals surface area (Å²) in [6, 6.07) is 12.5. The first-order valence-corrected chi connectivity index (χ1v) is 6.85. The SMILES string of the molecule is CC(=O)[N]c1ccc2c(c1)Cc1cc(I)ccc1-2. The maximum atomic E-state index is 11.0. The van der Waals surface area contributed by atoms with Crippen LogP contribution in [0.1, 0.15) is 18.1 Å². The lowest BCUT2D eigenvalue weighted by molar-refractivity contribution is -0.118. The Labute approximate surface area is 120 Å². The number of carbonyl (C=O) groups excluding carboxylic acids is 1. The van der Waals surface area contributed by atoms with Gasteiger partial charge in [0, 0.05) is 10.5 Å². The molecule has 0 N–H and O–H groups in total.